The molecule has 1 aromatic carbocycles. The normalized spacial score (nSPS) is 14.2. The lowest BCUT2D eigenvalue weighted by molar-refractivity contribution is 0.0741. The molecular weight excluding hydrogens is 372 g/mol. The van der Waals surface area contributed by atoms with Gasteiger partial charge >= 0.3 is 0 Å². The smallest absolute Gasteiger partial charge is 0.273 e. The van der Waals surface area contributed by atoms with Crippen LogP contribution in [0.2, 0.25) is 0 Å². The Morgan fingerprint density at radius 3 is 2.57 bits per heavy atom. The van der Waals surface area contributed by atoms with E-state index in [1.54, 1.807) is 13.3 Å². The molecular formula is C21H22N4O2S. The topological polar surface area (TPSA) is 58.6 Å². The first-order valence-corrected chi connectivity index (χ1v) is 10.1. The number of thiazole rings is 1. The highest BCUT2D eigenvalue weighted by Gasteiger charge is 2.24. The summed E-state index contributed by atoms with van der Waals surface area (Å²) in [6.45, 7) is 2.93. The standard InChI is InChI=1S/C21H22N4O2S/c1-27-17-7-5-16(6-8-17)14-20-23-18(15-28-20)21(26)25-12-10-24(11-13-25)19-4-2-3-9-22-19/h2-9,15H,10-14H2,1H3. The Labute approximate surface area is 168 Å². The molecule has 1 saturated heterocycles. The SMILES string of the molecule is COc1ccc(Cc2nc(C(=O)N3CCN(c4ccccn4)CC3)cs2)cc1. The molecule has 0 bridgehead atoms. The van der Waals surface area contributed by atoms with Gasteiger partial charge in [-0.3, -0.25) is 4.79 Å². The van der Waals surface area contributed by atoms with E-state index in [1.807, 2.05) is 52.7 Å². The van der Waals surface area contributed by atoms with E-state index in [-0.39, 0.29) is 5.91 Å². The predicted molar refractivity (Wildman–Crippen MR) is 110 cm³/mol. The second kappa shape index (κ2) is 8.39. The summed E-state index contributed by atoms with van der Waals surface area (Å²) in [6, 6.07) is 13.8. The molecule has 0 N–H and O–H groups in total. The van der Waals surface area contributed by atoms with Crippen LogP contribution < -0.4 is 9.64 Å². The van der Waals surface area contributed by atoms with E-state index < -0.39 is 0 Å². The van der Waals surface area contributed by atoms with Crippen molar-refractivity contribution >= 4 is 23.1 Å². The quantitative estimate of drug-likeness (QED) is 0.666. The number of carbonyl (C=O) groups excluding carboxylic acids is 1. The number of nitrogens with zero attached hydrogens (tertiary/aromatic N) is 4. The molecule has 2 aromatic heterocycles. The van der Waals surface area contributed by atoms with Gasteiger partial charge < -0.3 is 14.5 Å². The molecule has 28 heavy (non-hydrogen) atoms. The van der Waals surface area contributed by atoms with Crippen LogP contribution in [0.25, 0.3) is 0 Å². The Morgan fingerprint density at radius 1 is 1.11 bits per heavy atom. The highest BCUT2D eigenvalue weighted by atomic mass is 32.1. The maximum atomic E-state index is 12.8. The number of carbonyl (C=O) groups is 1. The van der Waals surface area contributed by atoms with Crippen molar-refractivity contribution in [2.75, 3.05) is 38.2 Å². The molecule has 0 unspecified atom stereocenters. The van der Waals surface area contributed by atoms with Crippen LogP contribution in [0.1, 0.15) is 21.1 Å². The van der Waals surface area contributed by atoms with Crippen LogP contribution in [-0.4, -0.2) is 54.1 Å². The van der Waals surface area contributed by atoms with Crippen LogP contribution in [0.15, 0.2) is 54.0 Å². The molecule has 6 nitrogen and oxygen atoms in total. The second-order valence-electron chi connectivity index (χ2n) is 6.62. The third-order valence-corrected chi connectivity index (χ3v) is 5.67. The van der Waals surface area contributed by atoms with E-state index in [0.29, 0.717) is 18.8 Å². The van der Waals surface area contributed by atoms with Crippen molar-refractivity contribution in [1.29, 1.82) is 0 Å². The number of methoxy groups -OCH3 is 1. The van der Waals surface area contributed by atoms with E-state index in [9.17, 15) is 4.79 Å². The number of hydrogen-bond acceptors (Lipinski definition) is 6. The fraction of sp³-hybridized carbons (Fsp3) is 0.286. The average molecular weight is 395 g/mol. The molecule has 0 aliphatic carbocycles. The van der Waals surface area contributed by atoms with Crippen molar-refractivity contribution in [3.63, 3.8) is 0 Å². The third-order valence-electron chi connectivity index (χ3n) is 4.83. The first-order chi connectivity index (χ1) is 13.7. The maximum absolute atomic E-state index is 12.8. The van der Waals surface area contributed by atoms with Crippen molar-refractivity contribution in [1.82, 2.24) is 14.9 Å². The molecule has 0 saturated carbocycles. The van der Waals surface area contributed by atoms with Crippen molar-refractivity contribution in [2.45, 2.75) is 6.42 Å². The van der Waals surface area contributed by atoms with Gasteiger partial charge in [-0.1, -0.05) is 18.2 Å². The van der Waals surface area contributed by atoms with E-state index >= 15 is 0 Å². The van der Waals surface area contributed by atoms with Gasteiger partial charge in [0.15, 0.2) is 0 Å². The number of ether oxygens (including phenoxy) is 1. The Hall–Kier alpha value is -2.93. The van der Waals surface area contributed by atoms with Crippen molar-refractivity contribution in [2.24, 2.45) is 0 Å². The van der Waals surface area contributed by atoms with E-state index in [4.69, 9.17) is 4.74 Å². The lowest BCUT2D eigenvalue weighted by Gasteiger charge is -2.35. The molecule has 0 atom stereocenters. The zero-order valence-corrected chi connectivity index (χ0v) is 16.6. The van der Waals surface area contributed by atoms with Gasteiger partial charge in [0, 0.05) is 44.2 Å². The Bertz CT molecular complexity index is 919. The summed E-state index contributed by atoms with van der Waals surface area (Å²) in [5.41, 5.74) is 1.69. The summed E-state index contributed by atoms with van der Waals surface area (Å²) in [5, 5.41) is 2.81. The first kappa shape index (κ1) is 18.4. The summed E-state index contributed by atoms with van der Waals surface area (Å²) >= 11 is 1.53. The molecule has 3 aromatic rings. The summed E-state index contributed by atoms with van der Waals surface area (Å²) < 4.78 is 5.19. The molecule has 0 radical (unpaired) electrons. The van der Waals surface area contributed by atoms with E-state index in [2.05, 4.69) is 14.9 Å². The summed E-state index contributed by atoms with van der Waals surface area (Å²) in [6.07, 6.45) is 2.52. The predicted octanol–water partition coefficient (Wildman–Crippen LogP) is 3.10. The molecule has 7 heteroatoms. The largest absolute Gasteiger partial charge is 0.497 e. The van der Waals surface area contributed by atoms with Crippen LogP contribution in [-0.2, 0) is 6.42 Å². The number of aromatic nitrogens is 2. The number of benzene rings is 1. The molecule has 1 amide bonds. The minimum Gasteiger partial charge on any atom is -0.497 e. The Balaban J connectivity index is 1.35. The molecule has 1 aliphatic heterocycles. The fourth-order valence-corrected chi connectivity index (χ4v) is 4.05. The zero-order valence-electron chi connectivity index (χ0n) is 15.7. The first-order valence-electron chi connectivity index (χ1n) is 9.25. The fourth-order valence-electron chi connectivity index (χ4n) is 3.25. The monoisotopic (exact) mass is 394 g/mol. The number of anilines is 1. The lowest BCUT2D eigenvalue weighted by atomic mass is 10.1. The minimum atomic E-state index is 0.0119. The van der Waals surface area contributed by atoms with Crippen molar-refractivity contribution in [3.05, 3.63) is 70.3 Å². The molecule has 0 spiro atoms. The van der Waals surface area contributed by atoms with Gasteiger partial charge in [-0.25, -0.2) is 9.97 Å². The number of amides is 1. The number of pyridine rings is 1. The van der Waals surface area contributed by atoms with Gasteiger partial charge in [0.1, 0.15) is 17.3 Å². The summed E-state index contributed by atoms with van der Waals surface area (Å²) in [5.74, 6) is 1.81. The zero-order chi connectivity index (χ0) is 19.3. The minimum absolute atomic E-state index is 0.0119. The molecule has 1 aliphatic rings. The number of hydrogen-bond donors (Lipinski definition) is 0. The van der Waals surface area contributed by atoms with Crippen LogP contribution in [0.4, 0.5) is 5.82 Å². The van der Waals surface area contributed by atoms with Crippen molar-refractivity contribution in [3.8, 4) is 5.75 Å². The van der Waals surface area contributed by atoms with Gasteiger partial charge in [-0.2, -0.15) is 0 Å². The van der Waals surface area contributed by atoms with Gasteiger partial charge in [-0.05, 0) is 29.8 Å². The lowest BCUT2D eigenvalue weighted by Crippen LogP contribution is -2.49. The van der Waals surface area contributed by atoms with Gasteiger partial charge in [-0.15, -0.1) is 11.3 Å². The molecule has 3 heterocycles. The third kappa shape index (κ3) is 4.14. The molecule has 1 fully saturated rings. The molecule has 4 rings (SSSR count). The van der Waals surface area contributed by atoms with Gasteiger partial charge in [0.05, 0.1) is 12.1 Å². The molecule has 144 valence electrons. The Morgan fingerprint density at radius 2 is 1.89 bits per heavy atom. The van der Waals surface area contributed by atoms with Crippen LogP contribution in [0.5, 0.6) is 5.75 Å². The summed E-state index contributed by atoms with van der Waals surface area (Å²) in [4.78, 5) is 25.9. The van der Waals surface area contributed by atoms with Crippen LogP contribution in [0, 0.1) is 0 Å². The van der Waals surface area contributed by atoms with Gasteiger partial charge in [0.25, 0.3) is 5.91 Å². The maximum Gasteiger partial charge on any atom is 0.273 e. The Kier molecular flexibility index (Phi) is 5.53. The number of rotatable bonds is 5. The van der Waals surface area contributed by atoms with E-state index in [1.165, 1.54) is 11.3 Å². The highest BCUT2D eigenvalue weighted by molar-refractivity contribution is 7.09. The van der Waals surface area contributed by atoms with E-state index in [0.717, 1.165) is 41.6 Å². The average Bonchev–Trinajstić information content (AvgIpc) is 3.23. The van der Waals surface area contributed by atoms with Gasteiger partial charge in [0.2, 0.25) is 0 Å². The highest BCUT2D eigenvalue weighted by Crippen LogP contribution is 2.19. The number of piperazine rings is 1. The summed E-state index contributed by atoms with van der Waals surface area (Å²) in [7, 11) is 1.66. The van der Waals surface area contributed by atoms with Crippen molar-refractivity contribution < 1.29 is 9.53 Å². The van der Waals surface area contributed by atoms with Crippen LogP contribution in [0.3, 0.4) is 0 Å². The second-order valence-corrected chi connectivity index (χ2v) is 7.56. The van der Waals surface area contributed by atoms with Crippen LogP contribution >= 0.6 is 11.3 Å².